The molecule has 0 saturated carbocycles. The summed E-state index contributed by atoms with van der Waals surface area (Å²) in [5.74, 6) is 0.681. The van der Waals surface area contributed by atoms with Crippen molar-refractivity contribution < 1.29 is 0 Å². The fraction of sp³-hybridized carbons (Fsp3) is 1.00. The zero-order valence-electron chi connectivity index (χ0n) is 6.50. The van der Waals surface area contributed by atoms with Crippen molar-refractivity contribution >= 4 is 58.0 Å². The van der Waals surface area contributed by atoms with Crippen molar-refractivity contribution in [2.24, 2.45) is 0 Å². The van der Waals surface area contributed by atoms with Crippen LogP contribution in [0.5, 0.6) is 0 Å². The molecule has 0 spiro atoms. The van der Waals surface area contributed by atoms with Crippen molar-refractivity contribution in [2.45, 2.75) is 34.9 Å². The zero-order chi connectivity index (χ0) is 9.61. The minimum Gasteiger partial charge on any atom is -0.127 e. The molecule has 0 rings (SSSR count). The predicted octanol–water partition coefficient (Wildman–Crippen LogP) is 4.76. The third kappa shape index (κ3) is 6.91. The van der Waals surface area contributed by atoms with Crippen LogP contribution in [0.25, 0.3) is 0 Å². The lowest BCUT2D eigenvalue weighted by atomic mass is 10.2. The van der Waals surface area contributed by atoms with Gasteiger partial charge in [0.25, 0.3) is 0 Å². The largest absolute Gasteiger partial charge is 0.206 e. The van der Waals surface area contributed by atoms with Crippen molar-refractivity contribution in [3.05, 3.63) is 0 Å². The van der Waals surface area contributed by atoms with Crippen LogP contribution in [0.4, 0.5) is 0 Å². The Morgan fingerprint density at radius 2 is 1.58 bits per heavy atom. The summed E-state index contributed by atoms with van der Waals surface area (Å²) in [5, 5.41) is -0.405. The Kier molecular flexibility index (Phi) is 7.66. The van der Waals surface area contributed by atoms with E-state index in [1.807, 2.05) is 0 Å². The maximum absolute atomic E-state index is 5.81. The predicted molar refractivity (Wildman–Crippen MR) is 59.1 cm³/mol. The summed E-state index contributed by atoms with van der Waals surface area (Å²) in [5.41, 5.74) is 0. The van der Waals surface area contributed by atoms with Crippen molar-refractivity contribution in [3.8, 4) is 0 Å². The summed E-state index contributed by atoms with van der Waals surface area (Å²) in [6.07, 6.45) is 3.70. The van der Waals surface area contributed by atoms with E-state index in [1.54, 1.807) is 0 Å². The molecule has 0 amide bonds. The first-order valence-corrected chi connectivity index (χ1v) is 5.85. The number of hydrogen-bond donors (Lipinski definition) is 0. The highest BCUT2D eigenvalue weighted by atomic mass is 35.6. The smallest absolute Gasteiger partial charge is 0.127 e. The van der Waals surface area contributed by atoms with E-state index in [-0.39, 0.29) is 0 Å². The summed E-state index contributed by atoms with van der Waals surface area (Å²) in [4.78, 5) is 0. The van der Waals surface area contributed by atoms with Gasteiger partial charge < -0.3 is 0 Å². The Morgan fingerprint density at radius 3 is 2.00 bits per heavy atom. The SMILES string of the molecule is ClCCCCCC(Cl)C(Cl)(Cl)Cl. The summed E-state index contributed by atoms with van der Waals surface area (Å²) < 4.78 is -1.34. The topological polar surface area (TPSA) is 0 Å². The lowest BCUT2D eigenvalue weighted by Gasteiger charge is -2.17. The van der Waals surface area contributed by atoms with Gasteiger partial charge in [-0.1, -0.05) is 47.6 Å². The summed E-state index contributed by atoms with van der Waals surface area (Å²) in [7, 11) is 0. The number of halogens is 5. The molecule has 1 atom stereocenters. The van der Waals surface area contributed by atoms with Gasteiger partial charge in [-0.3, -0.25) is 0 Å². The average Bonchev–Trinajstić information content (AvgIpc) is 1.96. The van der Waals surface area contributed by atoms with Gasteiger partial charge in [0.15, 0.2) is 0 Å². The Bertz CT molecular complexity index is 109. The molecule has 0 aliphatic rings. The van der Waals surface area contributed by atoms with Crippen LogP contribution in [0.2, 0.25) is 0 Å². The molecule has 0 N–H and O–H groups in total. The number of unbranched alkanes of at least 4 members (excludes halogenated alkanes) is 2. The van der Waals surface area contributed by atoms with Crippen molar-refractivity contribution in [1.29, 1.82) is 0 Å². The normalized spacial score (nSPS) is 14.8. The van der Waals surface area contributed by atoms with E-state index in [0.29, 0.717) is 5.88 Å². The van der Waals surface area contributed by atoms with Gasteiger partial charge in [0, 0.05) is 5.88 Å². The molecule has 0 aromatic carbocycles. The van der Waals surface area contributed by atoms with E-state index in [0.717, 1.165) is 25.7 Å². The molecule has 0 aliphatic heterocycles. The maximum Gasteiger partial charge on any atom is 0.206 e. The monoisotopic (exact) mass is 270 g/mol. The fourth-order valence-corrected chi connectivity index (χ4v) is 1.43. The summed E-state index contributed by atoms with van der Waals surface area (Å²) >= 11 is 28.0. The van der Waals surface area contributed by atoms with Gasteiger partial charge in [-0.15, -0.1) is 23.2 Å². The lowest BCUT2D eigenvalue weighted by Crippen LogP contribution is -2.19. The molecule has 0 radical (unpaired) electrons. The highest BCUT2D eigenvalue weighted by Gasteiger charge is 2.29. The molecule has 0 aromatic heterocycles. The van der Waals surface area contributed by atoms with E-state index in [1.165, 1.54) is 0 Å². The summed E-state index contributed by atoms with van der Waals surface area (Å²) in [6.45, 7) is 0. The third-order valence-corrected chi connectivity index (χ3v) is 3.38. The highest BCUT2D eigenvalue weighted by molar-refractivity contribution is 6.70. The lowest BCUT2D eigenvalue weighted by molar-refractivity contribution is 0.646. The minimum absolute atomic E-state index is 0.405. The van der Waals surface area contributed by atoms with E-state index >= 15 is 0 Å². The Hall–Kier alpha value is 1.45. The van der Waals surface area contributed by atoms with Crippen molar-refractivity contribution in [3.63, 3.8) is 0 Å². The fourth-order valence-electron chi connectivity index (χ4n) is 0.758. The highest BCUT2D eigenvalue weighted by Crippen LogP contribution is 2.36. The standard InChI is InChI=1S/C7H11Cl5/c8-5-3-1-2-4-6(9)7(10,11)12/h6H,1-5H2. The van der Waals surface area contributed by atoms with Crippen LogP contribution in [-0.2, 0) is 0 Å². The molecular weight excluding hydrogens is 261 g/mol. The van der Waals surface area contributed by atoms with Crippen LogP contribution in [0.15, 0.2) is 0 Å². The molecule has 0 saturated heterocycles. The molecule has 0 aliphatic carbocycles. The van der Waals surface area contributed by atoms with Gasteiger partial charge >= 0.3 is 0 Å². The third-order valence-electron chi connectivity index (χ3n) is 1.45. The molecule has 74 valence electrons. The molecule has 0 heterocycles. The molecule has 5 heteroatoms. The number of hydrogen-bond acceptors (Lipinski definition) is 0. The molecule has 0 nitrogen and oxygen atoms in total. The number of alkyl halides is 5. The maximum atomic E-state index is 5.81. The molecule has 1 unspecified atom stereocenters. The Balaban J connectivity index is 3.38. The first kappa shape index (κ1) is 13.4. The van der Waals surface area contributed by atoms with Gasteiger partial charge in [0.2, 0.25) is 3.79 Å². The van der Waals surface area contributed by atoms with Crippen LogP contribution >= 0.6 is 58.0 Å². The first-order valence-electron chi connectivity index (χ1n) is 3.75. The van der Waals surface area contributed by atoms with Crippen LogP contribution in [0.3, 0.4) is 0 Å². The Labute approximate surface area is 98.4 Å². The zero-order valence-corrected chi connectivity index (χ0v) is 10.3. The molecule has 0 aromatic rings. The van der Waals surface area contributed by atoms with Gasteiger partial charge in [-0.05, 0) is 12.8 Å². The van der Waals surface area contributed by atoms with Crippen LogP contribution < -0.4 is 0 Å². The minimum atomic E-state index is -1.34. The molecule has 0 bridgehead atoms. The number of rotatable bonds is 5. The van der Waals surface area contributed by atoms with Crippen molar-refractivity contribution in [2.75, 3.05) is 5.88 Å². The van der Waals surface area contributed by atoms with Gasteiger partial charge in [-0.25, -0.2) is 0 Å². The van der Waals surface area contributed by atoms with E-state index in [4.69, 9.17) is 58.0 Å². The molecule has 0 fully saturated rings. The van der Waals surface area contributed by atoms with Gasteiger partial charge in [-0.2, -0.15) is 0 Å². The molecule has 12 heavy (non-hydrogen) atoms. The average molecular weight is 272 g/mol. The van der Waals surface area contributed by atoms with Gasteiger partial charge in [0.05, 0.1) is 5.38 Å². The van der Waals surface area contributed by atoms with Crippen LogP contribution in [-0.4, -0.2) is 15.0 Å². The second-order valence-corrected chi connectivity index (χ2v) is 5.82. The second kappa shape index (κ2) is 6.84. The first-order chi connectivity index (χ1) is 5.48. The quantitative estimate of drug-likeness (QED) is 0.500. The van der Waals surface area contributed by atoms with E-state index < -0.39 is 9.17 Å². The Morgan fingerprint density at radius 1 is 1.00 bits per heavy atom. The van der Waals surface area contributed by atoms with Crippen LogP contribution in [0, 0.1) is 0 Å². The second-order valence-electron chi connectivity index (χ2n) is 2.55. The van der Waals surface area contributed by atoms with E-state index in [2.05, 4.69) is 0 Å². The summed E-state index contributed by atoms with van der Waals surface area (Å²) in [6, 6.07) is 0. The van der Waals surface area contributed by atoms with Crippen molar-refractivity contribution in [1.82, 2.24) is 0 Å². The van der Waals surface area contributed by atoms with Gasteiger partial charge in [0.1, 0.15) is 0 Å². The molecular formula is C7H11Cl5. The van der Waals surface area contributed by atoms with E-state index in [9.17, 15) is 0 Å². The van der Waals surface area contributed by atoms with Crippen LogP contribution in [0.1, 0.15) is 25.7 Å².